The summed E-state index contributed by atoms with van der Waals surface area (Å²) >= 11 is 11.9. The van der Waals surface area contributed by atoms with Crippen molar-refractivity contribution in [2.75, 3.05) is 14.1 Å². The van der Waals surface area contributed by atoms with Crippen molar-refractivity contribution in [2.24, 2.45) is 0 Å². The van der Waals surface area contributed by atoms with Crippen molar-refractivity contribution in [3.05, 3.63) is 33.8 Å². The summed E-state index contributed by atoms with van der Waals surface area (Å²) in [4.78, 5) is 25.7. The standard InChI is InChI=1S/C16H22Cl2N2O3/c1-16(2,3)23-15(22)19-13(14(21)20(4)5)9-10-6-7-11(17)12(18)8-10/h6-8,13H,9H2,1-5H3,(H,19,22)/t13-/m0/s1. The van der Waals surface area contributed by atoms with Crippen LogP contribution in [0.2, 0.25) is 10.0 Å². The first-order chi connectivity index (χ1) is 10.5. The van der Waals surface area contributed by atoms with Gasteiger partial charge in [0, 0.05) is 20.5 Å². The third kappa shape index (κ3) is 6.67. The van der Waals surface area contributed by atoms with Crippen LogP contribution in [-0.4, -0.2) is 42.6 Å². The van der Waals surface area contributed by atoms with Gasteiger partial charge in [0.25, 0.3) is 0 Å². The molecule has 0 aliphatic rings. The number of nitrogens with one attached hydrogen (secondary N) is 1. The van der Waals surface area contributed by atoms with Gasteiger partial charge in [0.15, 0.2) is 0 Å². The van der Waals surface area contributed by atoms with E-state index < -0.39 is 17.7 Å². The molecule has 1 aromatic rings. The molecule has 2 amide bonds. The zero-order valence-corrected chi connectivity index (χ0v) is 15.5. The van der Waals surface area contributed by atoms with Crippen molar-refractivity contribution in [3.63, 3.8) is 0 Å². The number of halogens is 2. The molecule has 5 nitrogen and oxygen atoms in total. The predicted molar refractivity (Wildman–Crippen MR) is 92.0 cm³/mol. The van der Waals surface area contributed by atoms with Gasteiger partial charge in [-0.1, -0.05) is 29.3 Å². The molecule has 0 saturated carbocycles. The first-order valence-corrected chi connectivity index (χ1v) is 7.90. The second-order valence-corrected chi connectivity index (χ2v) is 7.20. The van der Waals surface area contributed by atoms with Crippen molar-refractivity contribution in [1.29, 1.82) is 0 Å². The predicted octanol–water partition coefficient (Wildman–Crippen LogP) is 3.52. The molecule has 0 spiro atoms. The summed E-state index contributed by atoms with van der Waals surface area (Å²) in [5.74, 6) is -0.234. The molecule has 0 radical (unpaired) electrons. The topological polar surface area (TPSA) is 58.6 Å². The van der Waals surface area contributed by atoms with Crippen LogP contribution in [0.5, 0.6) is 0 Å². The maximum atomic E-state index is 12.3. The lowest BCUT2D eigenvalue weighted by atomic mass is 10.1. The molecule has 0 aliphatic heterocycles. The fourth-order valence-electron chi connectivity index (χ4n) is 1.86. The van der Waals surface area contributed by atoms with E-state index in [2.05, 4.69) is 5.32 Å². The lowest BCUT2D eigenvalue weighted by Gasteiger charge is -2.25. The Kier molecular flexibility index (Phi) is 6.71. The highest BCUT2D eigenvalue weighted by Gasteiger charge is 2.25. The van der Waals surface area contributed by atoms with Gasteiger partial charge >= 0.3 is 6.09 Å². The number of nitrogens with zero attached hydrogens (tertiary/aromatic N) is 1. The number of amides is 2. The Morgan fingerprint density at radius 2 is 1.83 bits per heavy atom. The monoisotopic (exact) mass is 360 g/mol. The molecule has 1 aromatic carbocycles. The van der Waals surface area contributed by atoms with Crippen LogP contribution in [0.3, 0.4) is 0 Å². The van der Waals surface area contributed by atoms with Gasteiger partial charge in [0.2, 0.25) is 5.91 Å². The second-order valence-electron chi connectivity index (χ2n) is 6.38. The summed E-state index contributed by atoms with van der Waals surface area (Å²) in [6.45, 7) is 5.27. The van der Waals surface area contributed by atoms with Crippen molar-refractivity contribution < 1.29 is 14.3 Å². The Bertz CT molecular complexity index is 583. The Balaban J connectivity index is 2.90. The summed E-state index contributed by atoms with van der Waals surface area (Å²) in [7, 11) is 3.25. The number of hydrogen-bond donors (Lipinski definition) is 1. The number of benzene rings is 1. The third-order valence-corrected chi connectivity index (χ3v) is 3.59. The van der Waals surface area contributed by atoms with E-state index in [4.69, 9.17) is 27.9 Å². The minimum absolute atomic E-state index is 0.234. The first-order valence-electron chi connectivity index (χ1n) is 7.14. The van der Waals surface area contributed by atoms with E-state index in [9.17, 15) is 9.59 Å². The van der Waals surface area contributed by atoms with Crippen LogP contribution in [0.25, 0.3) is 0 Å². The minimum Gasteiger partial charge on any atom is -0.444 e. The molecule has 0 aliphatic carbocycles. The lowest BCUT2D eigenvalue weighted by molar-refractivity contribution is -0.130. The molecule has 1 atom stereocenters. The van der Waals surface area contributed by atoms with Crippen LogP contribution in [-0.2, 0) is 16.0 Å². The number of carbonyl (C=O) groups excluding carboxylic acids is 2. The average Bonchev–Trinajstić information content (AvgIpc) is 2.39. The fourth-order valence-corrected chi connectivity index (χ4v) is 2.18. The molecular formula is C16H22Cl2N2O3. The number of likely N-dealkylation sites (N-methyl/N-ethyl adjacent to an activating group) is 1. The van der Waals surface area contributed by atoms with E-state index >= 15 is 0 Å². The highest BCUT2D eigenvalue weighted by atomic mass is 35.5. The van der Waals surface area contributed by atoms with Gasteiger partial charge in [0.1, 0.15) is 11.6 Å². The molecule has 0 heterocycles. The van der Waals surface area contributed by atoms with Crippen molar-refractivity contribution >= 4 is 35.2 Å². The van der Waals surface area contributed by atoms with E-state index in [0.29, 0.717) is 10.0 Å². The fraction of sp³-hybridized carbons (Fsp3) is 0.500. The largest absolute Gasteiger partial charge is 0.444 e. The molecule has 0 fully saturated rings. The van der Waals surface area contributed by atoms with Crippen LogP contribution >= 0.6 is 23.2 Å². The molecular weight excluding hydrogens is 339 g/mol. The minimum atomic E-state index is -0.753. The van der Waals surface area contributed by atoms with Crippen molar-refractivity contribution in [1.82, 2.24) is 10.2 Å². The normalized spacial score (nSPS) is 12.5. The molecule has 23 heavy (non-hydrogen) atoms. The Labute approximate surface area is 146 Å². The smallest absolute Gasteiger partial charge is 0.408 e. The molecule has 7 heteroatoms. The maximum absolute atomic E-state index is 12.3. The Hall–Kier alpha value is -1.46. The highest BCUT2D eigenvalue weighted by Crippen LogP contribution is 2.23. The maximum Gasteiger partial charge on any atom is 0.408 e. The van der Waals surface area contributed by atoms with Gasteiger partial charge in [-0.25, -0.2) is 4.79 Å². The summed E-state index contributed by atoms with van der Waals surface area (Å²) in [6.07, 6.45) is -0.356. The first kappa shape index (κ1) is 19.6. The molecule has 0 unspecified atom stereocenters. The van der Waals surface area contributed by atoms with E-state index in [1.54, 1.807) is 53.1 Å². The third-order valence-electron chi connectivity index (χ3n) is 2.85. The second kappa shape index (κ2) is 7.88. The molecule has 0 saturated heterocycles. The average molecular weight is 361 g/mol. The lowest BCUT2D eigenvalue weighted by Crippen LogP contribution is -2.48. The van der Waals surface area contributed by atoms with Gasteiger partial charge in [-0.3, -0.25) is 4.79 Å². The molecule has 0 bridgehead atoms. The number of alkyl carbamates (subject to hydrolysis) is 1. The number of carbonyl (C=O) groups is 2. The van der Waals surface area contributed by atoms with Gasteiger partial charge in [-0.05, 0) is 38.5 Å². The van der Waals surface area contributed by atoms with Crippen LogP contribution in [0.1, 0.15) is 26.3 Å². The van der Waals surface area contributed by atoms with Gasteiger partial charge < -0.3 is 15.0 Å². The van der Waals surface area contributed by atoms with Gasteiger partial charge in [0.05, 0.1) is 10.0 Å². The van der Waals surface area contributed by atoms with Crippen LogP contribution < -0.4 is 5.32 Å². The van der Waals surface area contributed by atoms with Crippen LogP contribution in [0.4, 0.5) is 4.79 Å². The van der Waals surface area contributed by atoms with Crippen LogP contribution in [0.15, 0.2) is 18.2 Å². The molecule has 128 valence electrons. The molecule has 1 rings (SSSR count). The summed E-state index contributed by atoms with van der Waals surface area (Å²) in [5, 5.41) is 3.45. The summed E-state index contributed by atoms with van der Waals surface area (Å²) in [5.41, 5.74) is 0.148. The van der Waals surface area contributed by atoms with Crippen LogP contribution in [0, 0.1) is 0 Å². The van der Waals surface area contributed by atoms with Gasteiger partial charge in [-0.2, -0.15) is 0 Å². The number of rotatable bonds is 4. The summed E-state index contributed by atoms with van der Waals surface area (Å²) < 4.78 is 5.21. The van der Waals surface area contributed by atoms with E-state index in [1.165, 1.54) is 4.90 Å². The van der Waals surface area contributed by atoms with E-state index in [1.807, 2.05) is 0 Å². The van der Waals surface area contributed by atoms with Crippen molar-refractivity contribution in [3.8, 4) is 0 Å². The SMILES string of the molecule is CN(C)C(=O)[C@H](Cc1ccc(Cl)c(Cl)c1)NC(=O)OC(C)(C)C. The van der Waals surface area contributed by atoms with Gasteiger partial charge in [-0.15, -0.1) is 0 Å². The van der Waals surface area contributed by atoms with Crippen molar-refractivity contribution in [2.45, 2.75) is 38.8 Å². The Morgan fingerprint density at radius 1 is 1.22 bits per heavy atom. The zero-order chi connectivity index (χ0) is 17.8. The zero-order valence-electron chi connectivity index (χ0n) is 13.9. The van der Waals surface area contributed by atoms with E-state index in [-0.39, 0.29) is 12.3 Å². The quantitative estimate of drug-likeness (QED) is 0.893. The summed E-state index contributed by atoms with van der Waals surface area (Å²) in [6, 6.07) is 4.35. The van der Waals surface area contributed by atoms with E-state index in [0.717, 1.165) is 5.56 Å². The molecule has 1 N–H and O–H groups in total. The number of ether oxygens (including phenoxy) is 1. The highest BCUT2D eigenvalue weighted by molar-refractivity contribution is 6.42. The Morgan fingerprint density at radius 3 is 2.30 bits per heavy atom. The number of hydrogen-bond acceptors (Lipinski definition) is 3. The molecule has 0 aromatic heterocycles.